The van der Waals surface area contributed by atoms with Gasteiger partial charge in [0.15, 0.2) is 0 Å². The second-order valence-corrected chi connectivity index (χ2v) is 5.10. The molecule has 0 spiro atoms. The van der Waals surface area contributed by atoms with E-state index in [1.54, 1.807) is 11.3 Å². The molecule has 17 heavy (non-hydrogen) atoms. The fourth-order valence-electron chi connectivity index (χ4n) is 1.87. The highest BCUT2D eigenvalue weighted by atomic mass is 32.1. The molecule has 4 heteroatoms. The van der Waals surface area contributed by atoms with E-state index in [1.165, 1.54) is 10.7 Å². The van der Waals surface area contributed by atoms with Crippen molar-refractivity contribution >= 4 is 11.3 Å². The normalized spacial score (nSPS) is 12.9. The summed E-state index contributed by atoms with van der Waals surface area (Å²) >= 11 is 1.75. The quantitative estimate of drug-likeness (QED) is 0.883. The third-order valence-corrected chi connectivity index (χ3v) is 4.02. The van der Waals surface area contributed by atoms with Crippen molar-refractivity contribution in [3.05, 3.63) is 40.1 Å². The molecule has 2 aromatic heterocycles. The predicted molar refractivity (Wildman–Crippen MR) is 72.5 cm³/mol. The van der Waals surface area contributed by atoms with Crippen LogP contribution in [0.2, 0.25) is 0 Å². The van der Waals surface area contributed by atoms with Gasteiger partial charge in [0.05, 0.1) is 17.2 Å². The van der Waals surface area contributed by atoms with Gasteiger partial charge >= 0.3 is 0 Å². The monoisotopic (exact) mass is 249 g/mol. The minimum Gasteiger partial charge on any atom is -0.344 e. The Balaban J connectivity index is 2.15. The van der Waals surface area contributed by atoms with Crippen molar-refractivity contribution < 1.29 is 0 Å². The summed E-state index contributed by atoms with van der Waals surface area (Å²) in [5.41, 5.74) is 2.46. The van der Waals surface area contributed by atoms with Gasteiger partial charge in [-0.25, -0.2) is 4.98 Å². The molecule has 2 heterocycles. The lowest BCUT2D eigenvalue weighted by Gasteiger charge is -2.14. The summed E-state index contributed by atoms with van der Waals surface area (Å²) in [5.74, 6) is 0. The molecule has 1 unspecified atom stereocenters. The van der Waals surface area contributed by atoms with Gasteiger partial charge in [0.25, 0.3) is 0 Å². The van der Waals surface area contributed by atoms with Gasteiger partial charge in [-0.15, -0.1) is 11.3 Å². The van der Waals surface area contributed by atoms with E-state index in [4.69, 9.17) is 0 Å². The van der Waals surface area contributed by atoms with E-state index in [2.05, 4.69) is 52.4 Å². The van der Waals surface area contributed by atoms with Gasteiger partial charge in [0, 0.05) is 23.3 Å². The summed E-state index contributed by atoms with van der Waals surface area (Å²) in [5, 5.41) is 6.65. The van der Waals surface area contributed by atoms with Crippen molar-refractivity contribution in [2.24, 2.45) is 0 Å². The summed E-state index contributed by atoms with van der Waals surface area (Å²) in [6.07, 6.45) is 3.14. The molecule has 0 saturated heterocycles. The van der Waals surface area contributed by atoms with Gasteiger partial charge < -0.3 is 9.88 Å². The number of nitrogens with zero attached hydrogens (tertiary/aromatic N) is 2. The SMILES string of the molecule is CCc1nc(Cn2cccc2C(C)NC)cs1. The average Bonchev–Trinajstić information content (AvgIpc) is 2.97. The van der Waals surface area contributed by atoms with Gasteiger partial charge in [-0.3, -0.25) is 0 Å². The molecule has 0 aliphatic heterocycles. The molecule has 2 aromatic rings. The van der Waals surface area contributed by atoms with Crippen molar-refractivity contribution in [2.75, 3.05) is 7.05 Å². The van der Waals surface area contributed by atoms with Gasteiger partial charge in [-0.05, 0) is 32.5 Å². The maximum atomic E-state index is 4.61. The molecule has 0 saturated carbocycles. The largest absolute Gasteiger partial charge is 0.344 e. The Morgan fingerprint density at radius 1 is 1.53 bits per heavy atom. The summed E-state index contributed by atoms with van der Waals surface area (Å²) in [7, 11) is 1.99. The van der Waals surface area contributed by atoms with E-state index in [0.717, 1.165) is 18.7 Å². The Hall–Kier alpha value is -1.13. The molecular weight excluding hydrogens is 230 g/mol. The zero-order chi connectivity index (χ0) is 12.3. The minimum atomic E-state index is 0.370. The minimum absolute atomic E-state index is 0.370. The molecule has 0 radical (unpaired) electrons. The number of nitrogens with one attached hydrogen (secondary N) is 1. The molecule has 2 rings (SSSR count). The molecule has 0 fully saturated rings. The van der Waals surface area contributed by atoms with E-state index < -0.39 is 0 Å². The highest BCUT2D eigenvalue weighted by Gasteiger charge is 2.09. The third kappa shape index (κ3) is 2.76. The van der Waals surface area contributed by atoms with Crippen molar-refractivity contribution in [3.63, 3.8) is 0 Å². The number of aromatic nitrogens is 2. The first-order valence-corrected chi connectivity index (χ1v) is 6.88. The first-order valence-electron chi connectivity index (χ1n) is 6.00. The lowest BCUT2D eigenvalue weighted by atomic mass is 10.2. The molecule has 1 N–H and O–H groups in total. The Morgan fingerprint density at radius 3 is 3.00 bits per heavy atom. The molecule has 0 amide bonds. The van der Waals surface area contributed by atoms with E-state index in [9.17, 15) is 0 Å². The fraction of sp³-hybridized carbons (Fsp3) is 0.462. The lowest BCUT2D eigenvalue weighted by molar-refractivity contribution is 0.587. The number of rotatable bonds is 5. The number of thiazole rings is 1. The summed E-state index contributed by atoms with van der Waals surface area (Å²) in [6.45, 7) is 5.18. The van der Waals surface area contributed by atoms with Gasteiger partial charge in [0.2, 0.25) is 0 Å². The van der Waals surface area contributed by atoms with Crippen LogP contribution >= 0.6 is 11.3 Å². The summed E-state index contributed by atoms with van der Waals surface area (Å²) in [6, 6.07) is 4.62. The molecule has 0 aliphatic carbocycles. The Bertz CT molecular complexity index is 472. The predicted octanol–water partition coefficient (Wildman–Crippen LogP) is 2.84. The van der Waals surface area contributed by atoms with Crippen LogP contribution in [-0.4, -0.2) is 16.6 Å². The van der Waals surface area contributed by atoms with Crippen LogP contribution in [-0.2, 0) is 13.0 Å². The molecule has 1 atom stereocenters. The zero-order valence-electron chi connectivity index (χ0n) is 10.6. The smallest absolute Gasteiger partial charge is 0.0926 e. The zero-order valence-corrected chi connectivity index (χ0v) is 11.4. The van der Waals surface area contributed by atoms with Crippen LogP contribution in [0.3, 0.4) is 0 Å². The van der Waals surface area contributed by atoms with E-state index in [0.29, 0.717) is 6.04 Å². The van der Waals surface area contributed by atoms with Crippen LogP contribution in [0.4, 0.5) is 0 Å². The molecule has 92 valence electrons. The van der Waals surface area contributed by atoms with Gasteiger partial charge in [-0.1, -0.05) is 6.92 Å². The highest BCUT2D eigenvalue weighted by molar-refractivity contribution is 7.09. The molecular formula is C13H19N3S. The summed E-state index contributed by atoms with van der Waals surface area (Å²) < 4.78 is 2.26. The van der Waals surface area contributed by atoms with Crippen LogP contribution in [0, 0.1) is 0 Å². The first-order chi connectivity index (χ1) is 8.24. The third-order valence-electron chi connectivity index (χ3n) is 2.98. The van der Waals surface area contributed by atoms with Crippen molar-refractivity contribution in [1.82, 2.24) is 14.9 Å². The first kappa shape index (κ1) is 12.3. The van der Waals surface area contributed by atoms with Crippen LogP contribution < -0.4 is 5.32 Å². The van der Waals surface area contributed by atoms with Gasteiger partial charge in [-0.2, -0.15) is 0 Å². The number of aryl methyl sites for hydroxylation is 1. The molecule has 0 aromatic carbocycles. The maximum absolute atomic E-state index is 4.61. The van der Waals surface area contributed by atoms with Crippen LogP contribution in [0.1, 0.15) is 36.3 Å². The topological polar surface area (TPSA) is 29.9 Å². The Labute approximate surface area is 107 Å². The average molecular weight is 249 g/mol. The molecule has 0 aliphatic rings. The number of hydrogen-bond donors (Lipinski definition) is 1. The molecule has 0 bridgehead atoms. The maximum Gasteiger partial charge on any atom is 0.0926 e. The number of hydrogen-bond acceptors (Lipinski definition) is 3. The Morgan fingerprint density at radius 2 is 2.35 bits per heavy atom. The Kier molecular flexibility index (Phi) is 3.97. The highest BCUT2D eigenvalue weighted by Crippen LogP contribution is 2.16. The van der Waals surface area contributed by atoms with Crippen molar-refractivity contribution in [3.8, 4) is 0 Å². The van der Waals surface area contributed by atoms with E-state index in [-0.39, 0.29) is 0 Å². The fourth-order valence-corrected chi connectivity index (χ4v) is 2.61. The second kappa shape index (κ2) is 5.47. The second-order valence-electron chi connectivity index (χ2n) is 4.16. The van der Waals surface area contributed by atoms with Crippen molar-refractivity contribution in [1.29, 1.82) is 0 Å². The van der Waals surface area contributed by atoms with Crippen LogP contribution in [0.25, 0.3) is 0 Å². The van der Waals surface area contributed by atoms with Crippen LogP contribution in [0.5, 0.6) is 0 Å². The molecule has 3 nitrogen and oxygen atoms in total. The van der Waals surface area contributed by atoms with Gasteiger partial charge in [0.1, 0.15) is 0 Å². The van der Waals surface area contributed by atoms with Crippen LogP contribution in [0.15, 0.2) is 23.7 Å². The standard InChI is InChI=1S/C13H19N3S/c1-4-13-15-11(9-17-13)8-16-7-5-6-12(16)10(2)14-3/h5-7,9-10,14H,4,8H2,1-3H3. The van der Waals surface area contributed by atoms with E-state index >= 15 is 0 Å². The lowest BCUT2D eigenvalue weighted by Crippen LogP contribution is -2.17. The van der Waals surface area contributed by atoms with Crippen molar-refractivity contribution in [2.45, 2.75) is 32.9 Å². The summed E-state index contributed by atoms with van der Waals surface area (Å²) in [4.78, 5) is 4.61. The van der Waals surface area contributed by atoms with E-state index in [1.807, 2.05) is 7.05 Å².